The van der Waals surface area contributed by atoms with Crippen molar-refractivity contribution in [3.8, 4) is 0 Å². The molecule has 0 saturated heterocycles. The van der Waals surface area contributed by atoms with Crippen LogP contribution >= 0.6 is 0 Å². The van der Waals surface area contributed by atoms with Crippen molar-refractivity contribution in [1.82, 2.24) is 0 Å². The first-order valence-corrected chi connectivity index (χ1v) is 5.61. The second kappa shape index (κ2) is 19.0. The summed E-state index contributed by atoms with van der Waals surface area (Å²) >= 11 is 0. The Morgan fingerprint density at radius 3 is 1.93 bits per heavy atom. The molecule has 0 fully saturated rings. The molecule has 2 nitrogen and oxygen atoms in total. The molecule has 0 aromatic carbocycles. The highest BCUT2D eigenvalue weighted by molar-refractivity contribution is 5.52. The van der Waals surface area contributed by atoms with Crippen molar-refractivity contribution in [3.63, 3.8) is 0 Å². The molecule has 92 valence electrons. The average molecular weight is 216 g/mol. The van der Waals surface area contributed by atoms with Crippen LogP contribution in [0.5, 0.6) is 0 Å². The van der Waals surface area contributed by atoms with Crippen LogP contribution in [0.2, 0.25) is 0 Å². The van der Waals surface area contributed by atoms with Crippen LogP contribution in [-0.2, 0) is 9.59 Å². The second-order valence-electron chi connectivity index (χ2n) is 3.56. The number of hydrogen-bond donors (Lipinski definition) is 0. The Morgan fingerprint density at radius 1 is 1.07 bits per heavy atom. The molecule has 0 saturated carbocycles. The Bertz CT molecular complexity index is 122. The van der Waals surface area contributed by atoms with Crippen molar-refractivity contribution in [2.75, 3.05) is 0 Å². The topological polar surface area (TPSA) is 34.1 Å². The van der Waals surface area contributed by atoms with Crippen molar-refractivity contribution < 1.29 is 9.59 Å². The maximum atomic E-state index is 9.89. The summed E-state index contributed by atoms with van der Waals surface area (Å²) in [6, 6.07) is 0. The summed E-state index contributed by atoms with van der Waals surface area (Å²) in [5.41, 5.74) is 0. The molecule has 0 rings (SSSR count). The zero-order valence-corrected chi connectivity index (χ0v) is 9.79. The Hall–Kier alpha value is -0.660. The molecule has 1 unspecified atom stereocenters. The minimum absolute atomic E-state index is 0. The van der Waals surface area contributed by atoms with Gasteiger partial charge < -0.3 is 9.59 Å². The number of hydrogen-bond acceptors (Lipinski definition) is 2. The third-order valence-corrected chi connectivity index (χ3v) is 1.90. The van der Waals surface area contributed by atoms with Gasteiger partial charge in [-0.2, -0.15) is 0 Å². The van der Waals surface area contributed by atoms with Crippen molar-refractivity contribution in [1.29, 1.82) is 0 Å². The van der Waals surface area contributed by atoms with E-state index in [1.165, 1.54) is 12.8 Å². The van der Waals surface area contributed by atoms with Crippen LogP contribution in [0.4, 0.5) is 0 Å². The standard InChI is InChI=1S/2C6H12O.CH4/c1-3-4-6(2)5-7;1-2-3-4-5-6-7;/h5-6H,3-4H2,1-2H3;6H,2-5H2,1H3;1H4. The normalized spacial score (nSPS) is 10.3. The van der Waals surface area contributed by atoms with Gasteiger partial charge in [-0.1, -0.05) is 47.5 Å². The van der Waals surface area contributed by atoms with E-state index in [1.807, 2.05) is 6.92 Å². The summed E-state index contributed by atoms with van der Waals surface area (Å²) in [5, 5.41) is 0. The molecule has 0 radical (unpaired) electrons. The predicted molar refractivity (Wildman–Crippen MR) is 67.1 cm³/mol. The Balaban J connectivity index is -0.000000180. The van der Waals surface area contributed by atoms with E-state index in [1.54, 1.807) is 0 Å². The van der Waals surface area contributed by atoms with Gasteiger partial charge in [-0.05, 0) is 12.8 Å². The van der Waals surface area contributed by atoms with Gasteiger partial charge in [-0.25, -0.2) is 0 Å². The van der Waals surface area contributed by atoms with Gasteiger partial charge in [0.25, 0.3) is 0 Å². The molecule has 1 atom stereocenters. The molecule has 0 aliphatic heterocycles. The lowest BCUT2D eigenvalue weighted by molar-refractivity contribution is -0.111. The van der Waals surface area contributed by atoms with Gasteiger partial charge in [0.05, 0.1) is 0 Å². The van der Waals surface area contributed by atoms with Gasteiger partial charge in [-0.3, -0.25) is 0 Å². The van der Waals surface area contributed by atoms with Crippen molar-refractivity contribution in [3.05, 3.63) is 0 Å². The highest BCUT2D eigenvalue weighted by Crippen LogP contribution is 1.98. The second-order valence-corrected chi connectivity index (χ2v) is 3.56. The number of aldehydes is 2. The van der Waals surface area contributed by atoms with Gasteiger partial charge in [0.1, 0.15) is 12.6 Å². The van der Waals surface area contributed by atoms with E-state index in [-0.39, 0.29) is 13.3 Å². The third kappa shape index (κ3) is 24.7. The van der Waals surface area contributed by atoms with Crippen LogP contribution in [0.3, 0.4) is 0 Å². The van der Waals surface area contributed by atoms with E-state index >= 15 is 0 Å². The first-order chi connectivity index (χ1) is 6.72. The molecule has 0 aliphatic rings. The maximum absolute atomic E-state index is 9.89. The fraction of sp³-hybridized carbons (Fsp3) is 0.846. The number of carbonyl (C=O) groups is 2. The molecule has 15 heavy (non-hydrogen) atoms. The molecule has 0 aromatic heterocycles. The van der Waals surface area contributed by atoms with E-state index in [4.69, 9.17) is 0 Å². The monoisotopic (exact) mass is 216 g/mol. The van der Waals surface area contributed by atoms with Crippen LogP contribution in [0.25, 0.3) is 0 Å². The summed E-state index contributed by atoms with van der Waals surface area (Å²) in [7, 11) is 0. The molecule has 0 N–H and O–H groups in total. The largest absolute Gasteiger partial charge is 0.303 e. The van der Waals surface area contributed by atoms with Crippen LogP contribution < -0.4 is 0 Å². The van der Waals surface area contributed by atoms with E-state index in [0.29, 0.717) is 0 Å². The molecule has 0 aromatic rings. The minimum atomic E-state index is 0. The molecule has 2 heteroatoms. The first-order valence-electron chi connectivity index (χ1n) is 5.61. The first kappa shape index (κ1) is 19.8. The van der Waals surface area contributed by atoms with Gasteiger partial charge in [0, 0.05) is 12.3 Å². The average Bonchev–Trinajstić information content (AvgIpc) is 2.20. The summed E-state index contributed by atoms with van der Waals surface area (Å²) in [5.74, 6) is 0.269. The fourth-order valence-electron chi connectivity index (χ4n) is 1.00. The lowest BCUT2D eigenvalue weighted by Gasteiger charge is -1.94. The molecule has 0 amide bonds. The molecule has 0 bridgehead atoms. The summed E-state index contributed by atoms with van der Waals surface area (Å²) in [6.45, 7) is 6.15. The van der Waals surface area contributed by atoms with Gasteiger partial charge in [0.15, 0.2) is 0 Å². The summed E-state index contributed by atoms with van der Waals surface area (Å²) in [6.07, 6.45) is 8.34. The molecular formula is C13H28O2. The quantitative estimate of drug-likeness (QED) is 0.476. The predicted octanol–water partition coefficient (Wildman–Crippen LogP) is 4.02. The van der Waals surface area contributed by atoms with Crippen LogP contribution in [0.15, 0.2) is 0 Å². The SMILES string of the molecule is C.CCCC(C)C=O.CCCCCC=O. The van der Waals surface area contributed by atoms with Gasteiger partial charge >= 0.3 is 0 Å². The number of carbonyl (C=O) groups excluding carboxylic acids is 2. The molecule has 0 aliphatic carbocycles. The van der Waals surface area contributed by atoms with Crippen LogP contribution in [0, 0.1) is 5.92 Å². The Morgan fingerprint density at radius 2 is 1.67 bits per heavy atom. The minimum Gasteiger partial charge on any atom is -0.303 e. The van der Waals surface area contributed by atoms with Crippen molar-refractivity contribution >= 4 is 12.6 Å². The van der Waals surface area contributed by atoms with Crippen LogP contribution in [0.1, 0.15) is 66.7 Å². The highest BCUT2D eigenvalue weighted by atomic mass is 16.1. The zero-order chi connectivity index (χ0) is 11.2. The summed E-state index contributed by atoms with van der Waals surface area (Å²) < 4.78 is 0. The van der Waals surface area contributed by atoms with E-state index < -0.39 is 0 Å². The van der Waals surface area contributed by atoms with Gasteiger partial charge in [-0.15, -0.1) is 0 Å². The fourth-order valence-corrected chi connectivity index (χ4v) is 1.00. The van der Waals surface area contributed by atoms with Crippen LogP contribution in [-0.4, -0.2) is 12.6 Å². The molecular weight excluding hydrogens is 188 g/mol. The van der Waals surface area contributed by atoms with Gasteiger partial charge in [0.2, 0.25) is 0 Å². The molecule has 0 spiro atoms. The number of unbranched alkanes of at least 4 members (excludes halogenated alkanes) is 3. The lowest BCUT2D eigenvalue weighted by atomic mass is 10.1. The third-order valence-electron chi connectivity index (χ3n) is 1.90. The summed E-state index contributed by atoms with van der Waals surface area (Å²) in [4.78, 5) is 19.6. The van der Waals surface area contributed by atoms with Crippen molar-refractivity contribution in [2.45, 2.75) is 66.7 Å². The molecule has 0 heterocycles. The Labute approximate surface area is 95.5 Å². The van der Waals surface area contributed by atoms with E-state index in [2.05, 4.69) is 13.8 Å². The highest BCUT2D eigenvalue weighted by Gasteiger charge is 1.93. The number of rotatable bonds is 7. The smallest absolute Gasteiger partial charge is 0.122 e. The lowest BCUT2D eigenvalue weighted by Crippen LogP contribution is -1.92. The zero-order valence-electron chi connectivity index (χ0n) is 9.79. The van der Waals surface area contributed by atoms with E-state index in [0.717, 1.165) is 38.3 Å². The van der Waals surface area contributed by atoms with E-state index in [9.17, 15) is 9.59 Å². The van der Waals surface area contributed by atoms with Crippen molar-refractivity contribution in [2.24, 2.45) is 5.92 Å². The maximum Gasteiger partial charge on any atom is 0.122 e. The Kier molecular flexibility index (Phi) is 25.1.